The van der Waals surface area contributed by atoms with Gasteiger partial charge in [0, 0.05) is 5.92 Å². The average molecular weight is 302 g/mol. The zero-order valence-electron chi connectivity index (χ0n) is 12.7. The zero-order valence-corrected chi connectivity index (χ0v) is 12.7. The van der Waals surface area contributed by atoms with Crippen molar-refractivity contribution >= 4 is 18.4 Å². The van der Waals surface area contributed by atoms with Crippen LogP contribution in [-0.4, -0.2) is 36.7 Å². The third-order valence-electron chi connectivity index (χ3n) is 3.08. The largest absolute Gasteiger partial charge is 0.481 e. The van der Waals surface area contributed by atoms with Gasteiger partial charge in [0.2, 0.25) is 0 Å². The van der Waals surface area contributed by atoms with E-state index in [1.165, 1.54) is 19.3 Å². The molecule has 0 heterocycles. The van der Waals surface area contributed by atoms with E-state index in [4.69, 9.17) is 9.84 Å². The highest BCUT2D eigenvalue weighted by atomic mass is 16.5. The first kappa shape index (κ1) is 19.4. The van der Waals surface area contributed by atoms with E-state index in [0.717, 1.165) is 19.3 Å². The first-order valence-electron chi connectivity index (χ1n) is 7.52. The third kappa shape index (κ3) is 13.2. The van der Waals surface area contributed by atoms with Crippen LogP contribution in [0, 0.1) is 5.92 Å². The van der Waals surface area contributed by atoms with Gasteiger partial charge < -0.3 is 14.6 Å². The molecule has 0 aliphatic rings. The van der Waals surface area contributed by atoms with Gasteiger partial charge in [0.05, 0.1) is 26.1 Å². The second kappa shape index (κ2) is 13.4. The van der Waals surface area contributed by atoms with Crippen molar-refractivity contribution in [3.05, 3.63) is 0 Å². The van der Waals surface area contributed by atoms with Crippen LogP contribution in [0.15, 0.2) is 0 Å². The molecule has 0 saturated heterocycles. The highest BCUT2D eigenvalue weighted by Crippen LogP contribution is 2.11. The summed E-state index contributed by atoms with van der Waals surface area (Å²) >= 11 is 0. The number of hydrogen-bond acceptors (Lipinski definition) is 5. The number of carboxylic acid groups (broad SMARTS) is 1. The van der Waals surface area contributed by atoms with Crippen LogP contribution in [0.5, 0.6) is 0 Å². The number of esters is 1. The first-order chi connectivity index (χ1) is 10.1. The summed E-state index contributed by atoms with van der Waals surface area (Å²) in [5, 5.41) is 8.72. The Morgan fingerprint density at radius 3 is 2.38 bits per heavy atom. The minimum Gasteiger partial charge on any atom is -0.481 e. The fourth-order valence-electron chi connectivity index (χ4n) is 1.98. The number of ether oxygens (including phenoxy) is 2. The summed E-state index contributed by atoms with van der Waals surface area (Å²) in [6.07, 6.45) is 6.35. The Balaban J connectivity index is 3.76. The summed E-state index contributed by atoms with van der Waals surface area (Å²) in [6, 6.07) is 0. The SMILES string of the molecule is CCCCCCCCOC(=O)CC(COC=O)CC(=O)O. The van der Waals surface area contributed by atoms with Crippen LogP contribution in [0.4, 0.5) is 0 Å². The van der Waals surface area contributed by atoms with Crippen LogP contribution in [0.3, 0.4) is 0 Å². The molecular formula is C15H26O6. The van der Waals surface area contributed by atoms with E-state index in [1.54, 1.807) is 0 Å². The molecule has 0 aromatic rings. The van der Waals surface area contributed by atoms with Crippen molar-refractivity contribution in [2.24, 2.45) is 5.92 Å². The second-order valence-electron chi connectivity index (χ2n) is 5.09. The minimum atomic E-state index is -1.03. The lowest BCUT2D eigenvalue weighted by Crippen LogP contribution is -2.19. The topological polar surface area (TPSA) is 89.9 Å². The zero-order chi connectivity index (χ0) is 15.9. The molecule has 0 aromatic heterocycles. The molecule has 0 spiro atoms. The van der Waals surface area contributed by atoms with Crippen LogP contribution in [0.25, 0.3) is 0 Å². The van der Waals surface area contributed by atoms with Crippen molar-refractivity contribution in [3.63, 3.8) is 0 Å². The summed E-state index contributed by atoms with van der Waals surface area (Å²) in [5.41, 5.74) is 0. The van der Waals surface area contributed by atoms with Crippen molar-refractivity contribution in [1.82, 2.24) is 0 Å². The quantitative estimate of drug-likeness (QED) is 0.301. The standard InChI is InChI=1S/C15H26O6/c1-2-3-4-5-6-7-8-21-15(19)10-13(9-14(17)18)11-20-12-16/h12-13H,2-11H2,1H3,(H,17,18). The average Bonchev–Trinajstić information content (AvgIpc) is 2.43. The monoisotopic (exact) mass is 302 g/mol. The van der Waals surface area contributed by atoms with E-state index in [-0.39, 0.29) is 25.9 Å². The third-order valence-corrected chi connectivity index (χ3v) is 3.08. The Labute approximate surface area is 125 Å². The van der Waals surface area contributed by atoms with Gasteiger partial charge in [-0.05, 0) is 6.42 Å². The van der Waals surface area contributed by atoms with Crippen LogP contribution in [0.2, 0.25) is 0 Å². The molecule has 1 unspecified atom stereocenters. The molecular weight excluding hydrogens is 276 g/mol. The maximum atomic E-state index is 11.6. The summed E-state index contributed by atoms with van der Waals surface area (Å²) in [7, 11) is 0. The van der Waals surface area contributed by atoms with Crippen molar-refractivity contribution < 1.29 is 29.0 Å². The van der Waals surface area contributed by atoms with Crippen LogP contribution < -0.4 is 0 Å². The van der Waals surface area contributed by atoms with Crippen molar-refractivity contribution in [3.8, 4) is 0 Å². The Morgan fingerprint density at radius 1 is 1.10 bits per heavy atom. The second-order valence-corrected chi connectivity index (χ2v) is 5.09. The fraction of sp³-hybridized carbons (Fsp3) is 0.800. The minimum absolute atomic E-state index is 0.0457. The highest BCUT2D eigenvalue weighted by molar-refractivity contribution is 5.72. The van der Waals surface area contributed by atoms with E-state index < -0.39 is 17.9 Å². The lowest BCUT2D eigenvalue weighted by Gasteiger charge is -2.12. The molecule has 0 aliphatic carbocycles. The smallest absolute Gasteiger partial charge is 0.306 e. The van der Waals surface area contributed by atoms with Gasteiger partial charge in [-0.25, -0.2) is 0 Å². The number of hydrogen-bond donors (Lipinski definition) is 1. The fourth-order valence-corrected chi connectivity index (χ4v) is 1.98. The van der Waals surface area contributed by atoms with Crippen molar-refractivity contribution in [2.45, 2.75) is 58.3 Å². The number of carboxylic acids is 1. The molecule has 6 nitrogen and oxygen atoms in total. The molecule has 21 heavy (non-hydrogen) atoms. The Kier molecular flexibility index (Phi) is 12.4. The predicted octanol–water partition coefficient (Wildman–Crippen LogP) is 2.54. The molecule has 6 heteroatoms. The van der Waals surface area contributed by atoms with Crippen LogP contribution in [0.1, 0.15) is 58.3 Å². The summed E-state index contributed by atoms with van der Waals surface area (Å²) in [5.74, 6) is -2.01. The Bertz CT molecular complexity index is 303. The molecule has 122 valence electrons. The molecule has 0 amide bonds. The van der Waals surface area contributed by atoms with E-state index in [1.807, 2.05) is 0 Å². The molecule has 0 rings (SSSR count). The van der Waals surface area contributed by atoms with Crippen molar-refractivity contribution in [1.29, 1.82) is 0 Å². The summed E-state index contributed by atoms with van der Waals surface area (Å²) in [4.78, 5) is 32.3. The lowest BCUT2D eigenvalue weighted by molar-refractivity contribution is -0.148. The number of carbonyl (C=O) groups excluding carboxylic acids is 2. The highest BCUT2D eigenvalue weighted by Gasteiger charge is 2.19. The summed E-state index contributed by atoms with van der Waals surface area (Å²) in [6.45, 7) is 2.68. The van der Waals surface area contributed by atoms with Gasteiger partial charge in [0.1, 0.15) is 0 Å². The molecule has 0 bridgehead atoms. The molecule has 1 N–H and O–H groups in total. The van der Waals surface area contributed by atoms with Gasteiger partial charge in [-0.2, -0.15) is 0 Å². The van der Waals surface area contributed by atoms with Gasteiger partial charge in [0.25, 0.3) is 6.47 Å². The van der Waals surface area contributed by atoms with E-state index >= 15 is 0 Å². The Morgan fingerprint density at radius 2 is 1.76 bits per heavy atom. The van der Waals surface area contributed by atoms with Gasteiger partial charge >= 0.3 is 11.9 Å². The van der Waals surface area contributed by atoms with E-state index in [0.29, 0.717) is 6.61 Å². The maximum Gasteiger partial charge on any atom is 0.306 e. The lowest BCUT2D eigenvalue weighted by atomic mass is 10.0. The van der Waals surface area contributed by atoms with Gasteiger partial charge in [-0.15, -0.1) is 0 Å². The molecule has 0 aromatic carbocycles. The van der Waals surface area contributed by atoms with Crippen LogP contribution in [-0.2, 0) is 23.9 Å². The van der Waals surface area contributed by atoms with Crippen molar-refractivity contribution in [2.75, 3.05) is 13.2 Å². The number of rotatable bonds is 14. The molecule has 0 fully saturated rings. The first-order valence-corrected chi connectivity index (χ1v) is 7.52. The molecule has 0 aliphatic heterocycles. The van der Waals surface area contributed by atoms with Crippen LogP contribution >= 0.6 is 0 Å². The molecule has 1 atom stereocenters. The number of unbranched alkanes of at least 4 members (excludes halogenated alkanes) is 5. The maximum absolute atomic E-state index is 11.6. The Hall–Kier alpha value is -1.59. The molecule has 0 saturated carbocycles. The van der Waals surface area contributed by atoms with E-state index in [9.17, 15) is 14.4 Å². The van der Waals surface area contributed by atoms with Gasteiger partial charge in [-0.1, -0.05) is 39.0 Å². The number of carbonyl (C=O) groups is 3. The normalized spacial score (nSPS) is 11.7. The molecule has 0 radical (unpaired) electrons. The van der Waals surface area contributed by atoms with Gasteiger partial charge in [-0.3, -0.25) is 14.4 Å². The summed E-state index contributed by atoms with van der Waals surface area (Å²) < 4.78 is 9.59. The van der Waals surface area contributed by atoms with E-state index in [2.05, 4.69) is 11.7 Å². The van der Waals surface area contributed by atoms with Gasteiger partial charge in [0.15, 0.2) is 0 Å². The predicted molar refractivity (Wildman–Crippen MR) is 76.7 cm³/mol. The number of aliphatic carboxylic acids is 1.